The summed E-state index contributed by atoms with van der Waals surface area (Å²) in [4.78, 5) is 11.0. The SMILES string of the molecule is CCCCCCc1ccccc1-c1ccc(OC(=O)O)c(CC)c1CC. The van der Waals surface area contributed by atoms with E-state index in [1.54, 1.807) is 6.07 Å². The molecule has 3 nitrogen and oxygen atoms in total. The molecule has 0 aliphatic heterocycles. The molecule has 0 saturated carbocycles. The van der Waals surface area contributed by atoms with Crippen molar-refractivity contribution in [3.8, 4) is 16.9 Å². The van der Waals surface area contributed by atoms with Crippen molar-refractivity contribution in [1.82, 2.24) is 0 Å². The third-order valence-corrected chi connectivity index (χ3v) is 4.90. The van der Waals surface area contributed by atoms with Crippen molar-refractivity contribution >= 4 is 6.16 Å². The standard InChI is InChI=1S/C23H30O3/c1-4-7-8-9-12-17-13-10-11-14-20(17)21-15-16-22(26-23(24)25)19(6-3)18(21)5-2/h10-11,13-16H,4-9,12H2,1-3H3,(H,24,25). The Kier molecular flexibility index (Phi) is 7.71. The average Bonchev–Trinajstić information content (AvgIpc) is 2.64. The summed E-state index contributed by atoms with van der Waals surface area (Å²) in [5.41, 5.74) is 6.01. The molecule has 0 saturated heterocycles. The highest BCUT2D eigenvalue weighted by atomic mass is 16.7. The molecule has 0 aromatic heterocycles. The Balaban J connectivity index is 2.43. The number of hydrogen-bond acceptors (Lipinski definition) is 2. The van der Waals surface area contributed by atoms with E-state index in [2.05, 4.69) is 38.1 Å². The third-order valence-electron chi connectivity index (χ3n) is 4.90. The van der Waals surface area contributed by atoms with Gasteiger partial charge in [-0.2, -0.15) is 0 Å². The van der Waals surface area contributed by atoms with Crippen LogP contribution in [0.25, 0.3) is 11.1 Å². The van der Waals surface area contributed by atoms with E-state index >= 15 is 0 Å². The normalized spacial score (nSPS) is 10.7. The molecule has 2 aromatic rings. The van der Waals surface area contributed by atoms with Crippen LogP contribution in [0.5, 0.6) is 5.75 Å². The summed E-state index contributed by atoms with van der Waals surface area (Å²) >= 11 is 0. The Morgan fingerprint density at radius 1 is 0.885 bits per heavy atom. The van der Waals surface area contributed by atoms with Gasteiger partial charge in [0.25, 0.3) is 0 Å². The van der Waals surface area contributed by atoms with Gasteiger partial charge in [0.15, 0.2) is 0 Å². The fraction of sp³-hybridized carbons (Fsp3) is 0.435. The Morgan fingerprint density at radius 3 is 2.27 bits per heavy atom. The predicted molar refractivity (Wildman–Crippen MR) is 107 cm³/mol. The minimum Gasteiger partial charge on any atom is -0.449 e. The molecule has 0 amide bonds. The molecule has 0 aliphatic carbocycles. The highest BCUT2D eigenvalue weighted by Gasteiger charge is 2.16. The molecule has 0 heterocycles. The molecule has 0 bridgehead atoms. The highest BCUT2D eigenvalue weighted by molar-refractivity contribution is 5.74. The first kappa shape index (κ1) is 20.0. The zero-order valence-corrected chi connectivity index (χ0v) is 16.2. The van der Waals surface area contributed by atoms with Crippen LogP contribution in [-0.4, -0.2) is 11.3 Å². The molecule has 1 N–H and O–H groups in total. The molecule has 2 aromatic carbocycles. The Hall–Kier alpha value is -2.29. The lowest BCUT2D eigenvalue weighted by Crippen LogP contribution is -2.07. The van der Waals surface area contributed by atoms with Gasteiger partial charge in [-0.1, -0.05) is 70.4 Å². The summed E-state index contributed by atoms with van der Waals surface area (Å²) < 4.78 is 5.01. The maximum absolute atomic E-state index is 11.0. The van der Waals surface area contributed by atoms with E-state index in [9.17, 15) is 4.79 Å². The van der Waals surface area contributed by atoms with Crippen molar-refractivity contribution in [3.05, 3.63) is 53.1 Å². The van der Waals surface area contributed by atoms with E-state index in [-0.39, 0.29) is 0 Å². The monoisotopic (exact) mass is 354 g/mol. The maximum Gasteiger partial charge on any atom is 0.511 e. The van der Waals surface area contributed by atoms with Crippen LogP contribution in [0.2, 0.25) is 0 Å². The third kappa shape index (κ3) is 4.87. The molecule has 2 rings (SSSR count). The van der Waals surface area contributed by atoms with Crippen LogP contribution >= 0.6 is 0 Å². The van der Waals surface area contributed by atoms with E-state index in [1.165, 1.54) is 47.9 Å². The molecule has 3 heteroatoms. The lowest BCUT2D eigenvalue weighted by molar-refractivity contribution is 0.144. The summed E-state index contributed by atoms with van der Waals surface area (Å²) in [6, 6.07) is 12.4. The number of benzene rings is 2. The summed E-state index contributed by atoms with van der Waals surface area (Å²) in [5, 5.41) is 9.00. The van der Waals surface area contributed by atoms with Gasteiger partial charge >= 0.3 is 6.16 Å². The van der Waals surface area contributed by atoms with E-state index in [1.807, 2.05) is 13.0 Å². The Morgan fingerprint density at radius 2 is 1.62 bits per heavy atom. The Bertz CT molecular complexity index is 734. The van der Waals surface area contributed by atoms with E-state index < -0.39 is 6.16 Å². The van der Waals surface area contributed by atoms with Crippen LogP contribution < -0.4 is 4.74 Å². The van der Waals surface area contributed by atoms with Crippen LogP contribution in [0.1, 0.15) is 63.1 Å². The van der Waals surface area contributed by atoms with Crippen molar-refractivity contribution in [2.24, 2.45) is 0 Å². The molecule has 26 heavy (non-hydrogen) atoms. The summed E-state index contributed by atoms with van der Waals surface area (Å²) in [6.45, 7) is 6.39. The summed E-state index contributed by atoms with van der Waals surface area (Å²) in [5.74, 6) is 0.459. The van der Waals surface area contributed by atoms with Gasteiger partial charge in [0.1, 0.15) is 5.75 Å². The first-order chi connectivity index (χ1) is 12.6. The van der Waals surface area contributed by atoms with Crippen LogP contribution in [0.3, 0.4) is 0 Å². The number of hydrogen-bond donors (Lipinski definition) is 1. The number of carbonyl (C=O) groups is 1. The highest BCUT2D eigenvalue weighted by Crippen LogP contribution is 2.35. The van der Waals surface area contributed by atoms with Crippen molar-refractivity contribution in [2.45, 2.75) is 65.7 Å². The van der Waals surface area contributed by atoms with Crippen molar-refractivity contribution in [2.75, 3.05) is 0 Å². The fourth-order valence-electron chi connectivity index (χ4n) is 3.65. The zero-order valence-electron chi connectivity index (χ0n) is 16.2. The smallest absolute Gasteiger partial charge is 0.449 e. The van der Waals surface area contributed by atoms with Crippen molar-refractivity contribution in [1.29, 1.82) is 0 Å². The number of aryl methyl sites for hydroxylation is 1. The van der Waals surface area contributed by atoms with Gasteiger partial charge in [0.05, 0.1) is 0 Å². The quantitative estimate of drug-likeness (QED) is 0.311. The van der Waals surface area contributed by atoms with E-state index in [4.69, 9.17) is 9.84 Å². The fourth-order valence-corrected chi connectivity index (χ4v) is 3.65. The lowest BCUT2D eigenvalue weighted by atomic mass is 9.88. The second-order valence-electron chi connectivity index (χ2n) is 6.61. The maximum atomic E-state index is 11.0. The van der Waals surface area contributed by atoms with Crippen LogP contribution in [0, 0.1) is 0 Å². The molecule has 0 unspecified atom stereocenters. The van der Waals surface area contributed by atoms with Crippen molar-refractivity contribution in [3.63, 3.8) is 0 Å². The van der Waals surface area contributed by atoms with Gasteiger partial charge in [0, 0.05) is 0 Å². The molecule has 0 fully saturated rings. The zero-order chi connectivity index (χ0) is 18.9. The van der Waals surface area contributed by atoms with Gasteiger partial charge in [-0.05, 0) is 59.6 Å². The van der Waals surface area contributed by atoms with Gasteiger partial charge < -0.3 is 9.84 Å². The van der Waals surface area contributed by atoms with Crippen LogP contribution in [-0.2, 0) is 19.3 Å². The number of carboxylic acid groups (broad SMARTS) is 1. The first-order valence-electron chi connectivity index (χ1n) is 9.76. The van der Waals surface area contributed by atoms with Crippen LogP contribution in [0.15, 0.2) is 36.4 Å². The molecule has 0 aliphatic rings. The van der Waals surface area contributed by atoms with Gasteiger partial charge in [0.2, 0.25) is 0 Å². The number of ether oxygens (including phenoxy) is 1. The van der Waals surface area contributed by atoms with Gasteiger partial charge in [-0.15, -0.1) is 0 Å². The molecule has 0 spiro atoms. The largest absolute Gasteiger partial charge is 0.511 e. The summed E-state index contributed by atoms with van der Waals surface area (Å²) in [7, 11) is 0. The second-order valence-corrected chi connectivity index (χ2v) is 6.61. The minimum atomic E-state index is -1.26. The average molecular weight is 354 g/mol. The topological polar surface area (TPSA) is 46.5 Å². The predicted octanol–water partition coefficient (Wildman–Crippen LogP) is 6.66. The lowest BCUT2D eigenvalue weighted by Gasteiger charge is -2.18. The molecular weight excluding hydrogens is 324 g/mol. The number of unbranched alkanes of at least 4 members (excludes halogenated alkanes) is 3. The van der Waals surface area contributed by atoms with E-state index in [0.29, 0.717) is 5.75 Å². The molecule has 0 radical (unpaired) electrons. The second kappa shape index (κ2) is 10.0. The van der Waals surface area contributed by atoms with Gasteiger partial charge in [-0.3, -0.25) is 0 Å². The Labute approximate surface area is 157 Å². The summed E-state index contributed by atoms with van der Waals surface area (Å²) in [6.07, 6.45) is 6.40. The molecule has 0 atom stereocenters. The first-order valence-corrected chi connectivity index (χ1v) is 9.76. The molecule has 140 valence electrons. The van der Waals surface area contributed by atoms with E-state index in [0.717, 1.165) is 24.8 Å². The number of rotatable bonds is 9. The van der Waals surface area contributed by atoms with Crippen molar-refractivity contribution < 1.29 is 14.6 Å². The minimum absolute atomic E-state index is 0.459. The van der Waals surface area contributed by atoms with Crippen LogP contribution in [0.4, 0.5) is 4.79 Å². The van der Waals surface area contributed by atoms with Gasteiger partial charge in [-0.25, -0.2) is 4.79 Å². The molecular formula is C23H30O3.